The Labute approximate surface area is 198 Å². The lowest BCUT2D eigenvalue weighted by atomic mass is 10.1. The van der Waals surface area contributed by atoms with E-state index in [4.69, 9.17) is 4.98 Å². The zero-order valence-corrected chi connectivity index (χ0v) is 20.0. The molecule has 7 heteroatoms. The van der Waals surface area contributed by atoms with Gasteiger partial charge in [0.05, 0.1) is 21.6 Å². The van der Waals surface area contributed by atoms with Crippen LogP contribution in [0.15, 0.2) is 41.8 Å². The van der Waals surface area contributed by atoms with E-state index in [1.54, 1.807) is 11.3 Å². The van der Waals surface area contributed by atoms with E-state index >= 15 is 0 Å². The van der Waals surface area contributed by atoms with Crippen molar-refractivity contribution in [3.05, 3.63) is 47.3 Å². The van der Waals surface area contributed by atoms with Crippen LogP contribution in [-0.4, -0.2) is 71.5 Å². The number of carbonyl (C=O) groups excluding carboxylic acids is 1. The number of hydrogen-bond donors (Lipinski definition) is 1. The first kappa shape index (κ1) is 21.7. The number of amides is 1. The minimum absolute atomic E-state index is 0.137. The Kier molecular flexibility index (Phi) is 6.95. The van der Waals surface area contributed by atoms with Crippen molar-refractivity contribution in [1.82, 2.24) is 14.8 Å². The van der Waals surface area contributed by atoms with Gasteiger partial charge < -0.3 is 15.1 Å². The first-order valence-corrected chi connectivity index (χ1v) is 13.6. The normalized spacial score (nSPS) is 17.2. The molecule has 2 aromatic heterocycles. The third-order valence-electron chi connectivity index (χ3n) is 6.30. The van der Waals surface area contributed by atoms with Gasteiger partial charge in [-0.05, 0) is 68.5 Å². The molecule has 3 aromatic rings. The molecule has 0 saturated carbocycles. The summed E-state index contributed by atoms with van der Waals surface area (Å²) in [6, 6.07) is 12.2. The highest BCUT2D eigenvalue weighted by Gasteiger charge is 2.18. The van der Waals surface area contributed by atoms with Gasteiger partial charge >= 0.3 is 0 Å². The molecular formula is C25H30N4OS2. The summed E-state index contributed by atoms with van der Waals surface area (Å²) in [5, 5.41) is 5.77. The van der Waals surface area contributed by atoms with Crippen LogP contribution in [-0.2, 0) is 0 Å². The minimum Gasteiger partial charge on any atom is -0.384 e. The summed E-state index contributed by atoms with van der Waals surface area (Å²) in [6.07, 6.45) is 3.84. The monoisotopic (exact) mass is 466 g/mol. The third kappa shape index (κ3) is 4.95. The largest absolute Gasteiger partial charge is 0.384 e. The predicted octanol–water partition coefficient (Wildman–Crippen LogP) is 5.05. The maximum atomic E-state index is 12.8. The molecule has 32 heavy (non-hydrogen) atoms. The molecule has 0 atom stereocenters. The zero-order valence-electron chi connectivity index (χ0n) is 18.4. The fourth-order valence-electron chi connectivity index (χ4n) is 4.50. The number of carbonyl (C=O) groups is 1. The molecule has 0 aliphatic carbocycles. The number of fused-ring (bicyclic) bond motifs is 1. The molecule has 1 N–H and O–H groups in total. The second-order valence-electron chi connectivity index (χ2n) is 8.50. The fourth-order valence-corrected chi connectivity index (χ4v) is 6.23. The fraction of sp³-hybridized carbons (Fsp3) is 0.440. The molecule has 5 nitrogen and oxygen atoms in total. The minimum atomic E-state index is 0.137. The van der Waals surface area contributed by atoms with Crippen molar-refractivity contribution < 1.29 is 4.79 Å². The molecule has 0 spiro atoms. The first-order valence-electron chi connectivity index (χ1n) is 11.6. The second kappa shape index (κ2) is 10.2. The number of thiophene rings is 1. The SMILES string of the molecule is O=C(c1ccc(-c2cc(NCCCN3CCCC3)c3sccc3n2)cc1)N1CCSCC1. The van der Waals surface area contributed by atoms with Crippen molar-refractivity contribution in [2.75, 3.05) is 56.1 Å². The quantitative estimate of drug-likeness (QED) is 0.494. The van der Waals surface area contributed by atoms with Gasteiger partial charge in [0.1, 0.15) is 0 Å². The summed E-state index contributed by atoms with van der Waals surface area (Å²) in [7, 11) is 0. The Balaban J connectivity index is 1.29. The van der Waals surface area contributed by atoms with Crippen LogP contribution < -0.4 is 5.32 Å². The Morgan fingerprint density at radius 2 is 1.81 bits per heavy atom. The lowest BCUT2D eigenvalue weighted by molar-refractivity contribution is 0.0772. The van der Waals surface area contributed by atoms with E-state index in [1.165, 1.54) is 37.2 Å². The van der Waals surface area contributed by atoms with Crippen molar-refractivity contribution in [3.63, 3.8) is 0 Å². The number of rotatable bonds is 7. The Morgan fingerprint density at radius 3 is 2.59 bits per heavy atom. The van der Waals surface area contributed by atoms with E-state index in [9.17, 15) is 4.79 Å². The van der Waals surface area contributed by atoms with E-state index < -0.39 is 0 Å². The maximum absolute atomic E-state index is 12.8. The molecule has 168 valence electrons. The standard InChI is InChI=1S/C25H30N4OS2/c30-25(29-13-16-31-17-14-29)20-6-4-19(5-7-20)22-18-23(24-21(27-22)8-15-32-24)26-9-3-12-28-10-1-2-11-28/h4-8,15,18H,1-3,9-14,16-17H2,(H,26,27). The molecule has 0 radical (unpaired) electrons. The van der Waals surface area contributed by atoms with Crippen LogP contribution in [0.3, 0.4) is 0 Å². The molecular weight excluding hydrogens is 436 g/mol. The molecule has 0 bridgehead atoms. The Hall–Kier alpha value is -2.09. The lowest BCUT2D eigenvalue weighted by Crippen LogP contribution is -2.37. The van der Waals surface area contributed by atoms with E-state index in [-0.39, 0.29) is 5.91 Å². The third-order valence-corrected chi connectivity index (χ3v) is 8.18. The topological polar surface area (TPSA) is 48.5 Å². The van der Waals surface area contributed by atoms with Crippen LogP contribution in [0.2, 0.25) is 0 Å². The second-order valence-corrected chi connectivity index (χ2v) is 10.6. The van der Waals surface area contributed by atoms with Crippen molar-refractivity contribution in [1.29, 1.82) is 0 Å². The van der Waals surface area contributed by atoms with Gasteiger partial charge in [-0.3, -0.25) is 4.79 Å². The number of likely N-dealkylation sites (tertiary alicyclic amines) is 1. The number of thioether (sulfide) groups is 1. The smallest absolute Gasteiger partial charge is 0.253 e. The number of anilines is 1. The number of pyridine rings is 1. The number of aromatic nitrogens is 1. The van der Waals surface area contributed by atoms with Crippen LogP contribution >= 0.6 is 23.1 Å². The Morgan fingerprint density at radius 1 is 1.03 bits per heavy atom. The van der Waals surface area contributed by atoms with E-state index in [0.717, 1.165) is 65.6 Å². The predicted molar refractivity (Wildman–Crippen MR) is 137 cm³/mol. The van der Waals surface area contributed by atoms with E-state index in [1.807, 2.05) is 40.9 Å². The van der Waals surface area contributed by atoms with E-state index in [0.29, 0.717) is 0 Å². The molecule has 2 saturated heterocycles. The van der Waals surface area contributed by atoms with Gasteiger partial charge in [-0.1, -0.05) is 12.1 Å². The van der Waals surface area contributed by atoms with Crippen LogP contribution in [0.1, 0.15) is 29.6 Å². The molecule has 2 aliphatic heterocycles. The summed E-state index contributed by atoms with van der Waals surface area (Å²) in [5.41, 5.74) is 4.95. The summed E-state index contributed by atoms with van der Waals surface area (Å²) in [6.45, 7) is 6.33. The first-order chi connectivity index (χ1) is 15.8. The van der Waals surface area contributed by atoms with Gasteiger partial charge in [0.25, 0.3) is 5.91 Å². The van der Waals surface area contributed by atoms with Gasteiger partial charge in [0, 0.05) is 42.3 Å². The average Bonchev–Trinajstić information content (AvgIpc) is 3.54. The molecule has 4 heterocycles. The summed E-state index contributed by atoms with van der Waals surface area (Å²) < 4.78 is 1.21. The highest BCUT2D eigenvalue weighted by atomic mass is 32.2. The molecule has 2 fully saturated rings. The van der Waals surface area contributed by atoms with E-state index in [2.05, 4.69) is 27.7 Å². The highest BCUT2D eigenvalue weighted by Crippen LogP contribution is 2.32. The highest BCUT2D eigenvalue weighted by molar-refractivity contribution is 7.99. The number of nitrogens with one attached hydrogen (secondary N) is 1. The lowest BCUT2D eigenvalue weighted by Gasteiger charge is -2.26. The van der Waals surface area contributed by atoms with Crippen molar-refractivity contribution in [3.8, 4) is 11.3 Å². The zero-order chi connectivity index (χ0) is 21.8. The molecule has 0 unspecified atom stereocenters. The summed E-state index contributed by atoms with van der Waals surface area (Å²) >= 11 is 3.65. The van der Waals surface area contributed by atoms with Gasteiger partial charge in [-0.15, -0.1) is 11.3 Å². The van der Waals surface area contributed by atoms with Crippen LogP contribution in [0.4, 0.5) is 5.69 Å². The molecule has 5 rings (SSSR count). The van der Waals surface area contributed by atoms with Gasteiger partial charge in [0.2, 0.25) is 0 Å². The maximum Gasteiger partial charge on any atom is 0.253 e. The van der Waals surface area contributed by atoms with Gasteiger partial charge in [-0.2, -0.15) is 11.8 Å². The molecule has 2 aliphatic rings. The average molecular weight is 467 g/mol. The van der Waals surface area contributed by atoms with Crippen LogP contribution in [0.25, 0.3) is 21.5 Å². The van der Waals surface area contributed by atoms with Gasteiger partial charge in [-0.25, -0.2) is 4.98 Å². The number of benzene rings is 1. The molecule has 1 amide bonds. The number of hydrogen-bond acceptors (Lipinski definition) is 6. The van der Waals surface area contributed by atoms with Crippen molar-refractivity contribution >= 4 is 44.9 Å². The van der Waals surface area contributed by atoms with Crippen LogP contribution in [0, 0.1) is 0 Å². The summed E-state index contributed by atoms with van der Waals surface area (Å²) in [4.78, 5) is 22.2. The van der Waals surface area contributed by atoms with Crippen LogP contribution in [0.5, 0.6) is 0 Å². The van der Waals surface area contributed by atoms with Gasteiger partial charge in [0.15, 0.2) is 0 Å². The number of nitrogens with zero attached hydrogens (tertiary/aromatic N) is 3. The molecule has 1 aromatic carbocycles. The van der Waals surface area contributed by atoms with Crippen molar-refractivity contribution in [2.24, 2.45) is 0 Å². The van der Waals surface area contributed by atoms with Crippen molar-refractivity contribution in [2.45, 2.75) is 19.3 Å². The Bertz CT molecular complexity index is 1050. The summed E-state index contributed by atoms with van der Waals surface area (Å²) in [5.74, 6) is 2.20.